The molecule has 1 fully saturated rings. The van der Waals surface area contributed by atoms with Gasteiger partial charge in [-0.3, -0.25) is 9.52 Å². The number of carbonyl (C=O) groups excluding carboxylic acids is 1. The highest BCUT2D eigenvalue weighted by molar-refractivity contribution is 7.92. The third-order valence-electron chi connectivity index (χ3n) is 5.48. The first-order valence-corrected chi connectivity index (χ1v) is 12.0. The number of carbonyl (C=O) groups is 1. The molecule has 0 saturated carbocycles. The number of aryl methyl sites for hydroxylation is 2. The van der Waals surface area contributed by atoms with E-state index in [1.807, 2.05) is 6.92 Å². The van der Waals surface area contributed by atoms with Crippen molar-refractivity contribution in [1.29, 1.82) is 0 Å². The molecule has 2 N–H and O–H groups in total. The summed E-state index contributed by atoms with van der Waals surface area (Å²) in [5, 5.41) is 2.97. The lowest BCUT2D eigenvalue weighted by atomic mass is 10.1. The molecule has 1 amide bonds. The number of hydrogen-bond acceptors (Lipinski definition) is 4. The molecule has 0 atom stereocenters. The second-order valence-corrected chi connectivity index (χ2v) is 9.64. The topological polar surface area (TPSA) is 78.5 Å². The van der Waals surface area contributed by atoms with Gasteiger partial charge in [0.25, 0.3) is 15.9 Å². The summed E-state index contributed by atoms with van der Waals surface area (Å²) in [6, 6.07) is 11.7. The quantitative estimate of drug-likeness (QED) is 0.703. The summed E-state index contributed by atoms with van der Waals surface area (Å²) in [5.74, 6) is -0.138. The van der Waals surface area contributed by atoms with Gasteiger partial charge < -0.3 is 10.2 Å². The standard InChI is InChI=1S/C23H31N3O3S/c1-18-7-10-21(11-8-18)30(28,29)25-22-12-9-20(17-19(22)2)23(27)24-13-16-26-14-5-3-4-6-15-26/h7-12,17,25H,3-6,13-16H2,1-2H3,(H,24,27). The molecule has 0 aromatic heterocycles. The number of likely N-dealkylation sites (tertiary alicyclic amines) is 1. The minimum absolute atomic E-state index is 0.138. The molecule has 6 nitrogen and oxygen atoms in total. The van der Waals surface area contributed by atoms with Crippen LogP contribution < -0.4 is 10.0 Å². The number of sulfonamides is 1. The molecule has 1 heterocycles. The van der Waals surface area contributed by atoms with E-state index in [-0.39, 0.29) is 10.8 Å². The van der Waals surface area contributed by atoms with Crippen molar-refractivity contribution in [1.82, 2.24) is 10.2 Å². The number of amides is 1. The van der Waals surface area contributed by atoms with E-state index >= 15 is 0 Å². The lowest BCUT2D eigenvalue weighted by Crippen LogP contribution is -2.35. The molecule has 162 valence electrons. The van der Waals surface area contributed by atoms with E-state index in [4.69, 9.17) is 0 Å². The van der Waals surface area contributed by atoms with E-state index in [1.54, 1.807) is 49.4 Å². The largest absolute Gasteiger partial charge is 0.351 e. The highest BCUT2D eigenvalue weighted by Gasteiger charge is 2.16. The Morgan fingerprint density at radius 1 is 0.967 bits per heavy atom. The van der Waals surface area contributed by atoms with Gasteiger partial charge >= 0.3 is 0 Å². The minimum Gasteiger partial charge on any atom is -0.351 e. The van der Waals surface area contributed by atoms with Gasteiger partial charge in [0.05, 0.1) is 10.6 Å². The molecule has 2 aromatic carbocycles. The van der Waals surface area contributed by atoms with Crippen molar-refractivity contribution < 1.29 is 13.2 Å². The van der Waals surface area contributed by atoms with Crippen molar-refractivity contribution in [2.75, 3.05) is 30.9 Å². The van der Waals surface area contributed by atoms with E-state index < -0.39 is 10.0 Å². The molecule has 1 aliphatic heterocycles. The monoisotopic (exact) mass is 429 g/mol. The zero-order chi connectivity index (χ0) is 21.6. The van der Waals surface area contributed by atoms with Crippen LogP contribution in [0.5, 0.6) is 0 Å². The maximum Gasteiger partial charge on any atom is 0.261 e. The van der Waals surface area contributed by atoms with Gasteiger partial charge in [0.1, 0.15) is 0 Å². The van der Waals surface area contributed by atoms with Gasteiger partial charge in [0, 0.05) is 18.7 Å². The summed E-state index contributed by atoms with van der Waals surface area (Å²) in [6.45, 7) is 7.38. The Morgan fingerprint density at radius 2 is 1.63 bits per heavy atom. The first-order chi connectivity index (χ1) is 14.3. The average Bonchev–Trinajstić information content (AvgIpc) is 2.98. The van der Waals surface area contributed by atoms with Crippen LogP contribution in [0.3, 0.4) is 0 Å². The molecular weight excluding hydrogens is 398 g/mol. The number of nitrogens with zero attached hydrogens (tertiary/aromatic N) is 1. The predicted molar refractivity (Wildman–Crippen MR) is 120 cm³/mol. The Hall–Kier alpha value is -2.38. The molecule has 7 heteroatoms. The number of nitrogens with one attached hydrogen (secondary N) is 2. The van der Waals surface area contributed by atoms with Crippen molar-refractivity contribution in [2.24, 2.45) is 0 Å². The normalized spacial score (nSPS) is 15.4. The third kappa shape index (κ3) is 6.06. The van der Waals surface area contributed by atoms with E-state index in [9.17, 15) is 13.2 Å². The molecule has 0 radical (unpaired) electrons. The van der Waals surface area contributed by atoms with Crippen LogP contribution in [0.25, 0.3) is 0 Å². The highest BCUT2D eigenvalue weighted by Crippen LogP contribution is 2.21. The van der Waals surface area contributed by atoms with Gasteiger partial charge in [-0.15, -0.1) is 0 Å². The van der Waals surface area contributed by atoms with Gasteiger partial charge in [-0.1, -0.05) is 30.5 Å². The number of anilines is 1. The fraction of sp³-hybridized carbons (Fsp3) is 0.435. The van der Waals surface area contributed by atoms with Crippen molar-refractivity contribution >= 4 is 21.6 Å². The smallest absolute Gasteiger partial charge is 0.261 e. The van der Waals surface area contributed by atoms with Gasteiger partial charge in [0.2, 0.25) is 0 Å². The van der Waals surface area contributed by atoms with Crippen LogP contribution in [0.15, 0.2) is 47.4 Å². The van der Waals surface area contributed by atoms with Crippen molar-refractivity contribution in [2.45, 2.75) is 44.4 Å². The number of benzene rings is 2. The molecule has 0 spiro atoms. The van der Waals surface area contributed by atoms with Crippen LogP contribution in [0.4, 0.5) is 5.69 Å². The van der Waals surface area contributed by atoms with E-state index in [2.05, 4.69) is 14.9 Å². The Bertz CT molecular complexity index is 964. The second kappa shape index (κ2) is 10.1. The first kappa shape index (κ1) is 22.3. The Morgan fingerprint density at radius 3 is 2.27 bits per heavy atom. The van der Waals surface area contributed by atoms with Crippen LogP contribution in [0, 0.1) is 13.8 Å². The molecular formula is C23H31N3O3S. The molecule has 0 bridgehead atoms. The maximum absolute atomic E-state index is 12.6. The Balaban J connectivity index is 1.58. The van der Waals surface area contributed by atoms with E-state index in [1.165, 1.54) is 25.7 Å². The summed E-state index contributed by atoms with van der Waals surface area (Å²) in [4.78, 5) is 15.1. The Kier molecular flexibility index (Phi) is 7.50. The fourth-order valence-corrected chi connectivity index (χ4v) is 4.76. The molecule has 3 rings (SSSR count). The van der Waals surface area contributed by atoms with Gasteiger partial charge in [-0.2, -0.15) is 0 Å². The Labute approximate surface area is 179 Å². The van der Waals surface area contributed by atoms with Crippen LogP contribution in [0.1, 0.15) is 47.2 Å². The summed E-state index contributed by atoms with van der Waals surface area (Å²) in [5.41, 5.74) is 2.69. The van der Waals surface area contributed by atoms with Crippen LogP contribution in [-0.2, 0) is 10.0 Å². The van der Waals surface area contributed by atoms with E-state index in [0.717, 1.165) is 25.2 Å². The molecule has 0 unspecified atom stereocenters. The van der Waals surface area contributed by atoms with Gasteiger partial charge in [-0.05, 0) is 75.7 Å². The summed E-state index contributed by atoms with van der Waals surface area (Å²) in [7, 11) is -3.67. The molecule has 0 aliphatic carbocycles. The minimum atomic E-state index is -3.67. The predicted octanol–water partition coefficient (Wildman–Crippen LogP) is 3.71. The lowest BCUT2D eigenvalue weighted by Gasteiger charge is -2.19. The number of rotatable bonds is 7. The second-order valence-electron chi connectivity index (χ2n) is 7.96. The zero-order valence-electron chi connectivity index (χ0n) is 17.8. The number of hydrogen-bond donors (Lipinski definition) is 2. The summed E-state index contributed by atoms with van der Waals surface area (Å²) < 4.78 is 27.8. The molecule has 1 saturated heterocycles. The van der Waals surface area contributed by atoms with Crippen LogP contribution in [-0.4, -0.2) is 45.4 Å². The summed E-state index contributed by atoms with van der Waals surface area (Å²) >= 11 is 0. The van der Waals surface area contributed by atoms with Crippen LogP contribution >= 0.6 is 0 Å². The SMILES string of the molecule is Cc1ccc(S(=O)(=O)Nc2ccc(C(=O)NCCN3CCCCCC3)cc2C)cc1. The van der Waals surface area contributed by atoms with Crippen molar-refractivity contribution in [3.05, 3.63) is 59.2 Å². The third-order valence-corrected chi connectivity index (χ3v) is 6.86. The van der Waals surface area contributed by atoms with Gasteiger partial charge in [-0.25, -0.2) is 8.42 Å². The lowest BCUT2D eigenvalue weighted by molar-refractivity contribution is 0.0948. The zero-order valence-corrected chi connectivity index (χ0v) is 18.6. The maximum atomic E-state index is 12.6. The van der Waals surface area contributed by atoms with Crippen molar-refractivity contribution in [3.63, 3.8) is 0 Å². The first-order valence-electron chi connectivity index (χ1n) is 10.6. The fourth-order valence-electron chi connectivity index (χ4n) is 3.63. The molecule has 30 heavy (non-hydrogen) atoms. The summed E-state index contributed by atoms with van der Waals surface area (Å²) in [6.07, 6.45) is 5.05. The molecule has 1 aliphatic rings. The van der Waals surface area contributed by atoms with Gasteiger partial charge in [0.15, 0.2) is 0 Å². The van der Waals surface area contributed by atoms with E-state index in [0.29, 0.717) is 23.4 Å². The highest BCUT2D eigenvalue weighted by atomic mass is 32.2. The molecule has 2 aromatic rings. The average molecular weight is 430 g/mol. The van der Waals surface area contributed by atoms with Crippen LogP contribution in [0.2, 0.25) is 0 Å². The van der Waals surface area contributed by atoms with Crippen molar-refractivity contribution in [3.8, 4) is 0 Å².